The average molecular weight is 616 g/mol. The molecule has 0 saturated carbocycles. The van der Waals surface area contributed by atoms with Crippen LogP contribution in [0.15, 0.2) is 68.0 Å². The molecular formula is C38H50NO4P. The third-order valence-corrected chi connectivity index (χ3v) is 9.28. The van der Waals surface area contributed by atoms with Crippen LogP contribution in [0.25, 0.3) is 21.9 Å². The van der Waals surface area contributed by atoms with Crippen molar-refractivity contribution in [2.24, 2.45) is 4.99 Å². The van der Waals surface area contributed by atoms with Gasteiger partial charge in [0.15, 0.2) is 0 Å². The summed E-state index contributed by atoms with van der Waals surface area (Å²) >= 11 is 0. The van der Waals surface area contributed by atoms with Gasteiger partial charge in [0.1, 0.15) is 23.8 Å². The van der Waals surface area contributed by atoms with E-state index in [9.17, 15) is 0 Å². The highest BCUT2D eigenvalue weighted by Crippen LogP contribution is 2.45. The first-order valence-electron chi connectivity index (χ1n) is 15.8. The molecule has 0 unspecified atom stereocenters. The average Bonchev–Trinajstić information content (AvgIpc) is 3.32. The Morgan fingerprint density at radius 3 is 1.59 bits per heavy atom. The minimum absolute atomic E-state index is 0.0466. The number of hydrogen-bond donors (Lipinski definition) is 0. The summed E-state index contributed by atoms with van der Waals surface area (Å²) in [5.74, 6) is 0.653. The van der Waals surface area contributed by atoms with E-state index in [1.54, 1.807) is 0 Å². The quantitative estimate of drug-likeness (QED) is 0.229. The highest BCUT2D eigenvalue weighted by atomic mass is 31.1. The Morgan fingerprint density at radius 1 is 0.682 bits per heavy atom. The Balaban J connectivity index is 1.78. The maximum absolute atomic E-state index is 6.86. The SMILES string of the molecule is CC(C)(C)c1cc(C(C)(C)C)c2op(OC[C@@H]3COC(c4ccccc4)=N3)oc3c(C(C)(C)C)cc(C(C)(C)C)cc3c2c1. The Bertz CT molecular complexity index is 1650. The van der Waals surface area contributed by atoms with Crippen molar-refractivity contribution in [1.82, 2.24) is 0 Å². The third kappa shape index (κ3) is 6.80. The monoisotopic (exact) mass is 615 g/mol. The number of ether oxygens (including phenoxy) is 1. The second-order valence-corrected chi connectivity index (χ2v) is 17.3. The summed E-state index contributed by atoms with van der Waals surface area (Å²) in [6.45, 7) is 27.9. The third-order valence-electron chi connectivity index (χ3n) is 8.25. The van der Waals surface area contributed by atoms with Gasteiger partial charge in [-0.2, -0.15) is 0 Å². The minimum Gasteiger partial charge on any atom is -0.475 e. The molecule has 1 atom stereocenters. The fraction of sp³-hybridized carbons (Fsp3) is 0.500. The molecule has 44 heavy (non-hydrogen) atoms. The van der Waals surface area contributed by atoms with Gasteiger partial charge in [0.25, 0.3) is 0 Å². The lowest BCUT2D eigenvalue weighted by atomic mass is 9.77. The molecule has 1 aromatic heterocycles. The van der Waals surface area contributed by atoms with E-state index < -0.39 is 8.24 Å². The predicted octanol–water partition coefficient (Wildman–Crippen LogP) is 10.8. The minimum atomic E-state index is -1.78. The van der Waals surface area contributed by atoms with E-state index in [1.807, 2.05) is 30.3 Å². The summed E-state index contributed by atoms with van der Waals surface area (Å²) in [6, 6.07) is 19.1. The van der Waals surface area contributed by atoms with Crippen molar-refractivity contribution in [1.29, 1.82) is 0 Å². The molecule has 2 heterocycles. The fourth-order valence-electron chi connectivity index (χ4n) is 5.44. The molecule has 5 nitrogen and oxygen atoms in total. The molecule has 0 saturated heterocycles. The van der Waals surface area contributed by atoms with Crippen LogP contribution in [-0.4, -0.2) is 25.2 Å². The smallest absolute Gasteiger partial charge is 0.387 e. The van der Waals surface area contributed by atoms with Crippen LogP contribution in [0, 0.1) is 0 Å². The van der Waals surface area contributed by atoms with Gasteiger partial charge < -0.3 is 13.1 Å². The molecule has 0 bridgehead atoms. The van der Waals surface area contributed by atoms with E-state index in [0.29, 0.717) is 19.1 Å². The van der Waals surface area contributed by atoms with E-state index in [1.165, 1.54) is 11.1 Å². The Hall–Kier alpha value is -3.01. The van der Waals surface area contributed by atoms with Crippen molar-refractivity contribution in [3.8, 4) is 0 Å². The first kappa shape index (κ1) is 32.4. The lowest BCUT2D eigenvalue weighted by Crippen LogP contribution is -2.17. The van der Waals surface area contributed by atoms with Crippen molar-refractivity contribution in [2.45, 2.75) is 111 Å². The predicted molar refractivity (Wildman–Crippen MR) is 185 cm³/mol. The van der Waals surface area contributed by atoms with E-state index in [0.717, 1.165) is 38.6 Å². The van der Waals surface area contributed by atoms with Crippen molar-refractivity contribution in [3.05, 3.63) is 82.4 Å². The molecule has 0 aliphatic carbocycles. The maximum atomic E-state index is 6.86. The van der Waals surface area contributed by atoms with Gasteiger partial charge in [-0.05, 0) is 57.1 Å². The van der Waals surface area contributed by atoms with E-state index in [4.69, 9.17) is 22.6 Å². The number of aliphatic imine (C=N–C) groups is 1. The molecule has 1 aliphatic rings. The van der Waals surface area contributed by atoms with E-state index in [-0.39, 0.29) is 27.7 Å². The normalized spacial score (nSPS) is 16.4. The van der Waals surface area contributed by atoms with Crippen LogP contribution in [0.1, 0.15) is 111 Å². The van der Waals surface area contributed by atoms with Gasteiger partial charge in [-0.1, -0.05) is 113 Å². The maximum Gasteiger partial charge on any atom is 0.387 e. The first-order valence-corrected chi connectivity index (χ1v) is 16.9. The lowest BCUT2D eigenvalue weighted by molar-refractivity contribution is 0.270. The van der Waals surface area contributed by atoms with Crippen molar-refractivity contribution in [2.75, 3.05) is 13.2 Å². The molecule has 0 radical (unpaired) electrons. The number of rotatable bonds is 4. The molecule has 6 heteroatoms. The summed E-state index contributed by atoms with van der Waals surface area (Å²) < 4.78 is 26.2. The molecule has 0 N–H and O–H groups in total. The molecule has 4 aromatic rings. The number of benzene rings is 3. The topological polar surface area (TPSA) is 57.1 Å². The standard InChI is InChI=1S/C38H50NO4P/c1-35(2,3)25-18-28-29-19-26(36(4,5)6)21-31(38(10,11)12)33(29)43-44(42-32(28)30(20-25)37(7,8)9)41-23-27-22-40-34(39-27)24-16-14-13-15-17-24/h13-21,27H,22-23H2,1-12H3/t27-/m0/s1. The van der Waals surface area contributed by atoms with E-state index >= 15 is 0 Å². The highest BCUT2D eigenvalue weighted by Gasteiger charge is 2.29. The van der Waals surface area contributed by atoms with Crippen LogP contribution in [0.4, 0.5) is 0 Å². The number of fused-ring (bicyclic) bond motifs is 3. The lowest BCUT2D eigenvalue weighted by Gasteiger charge is -2.27. The van der Waals surface area contributed by atoms with Crippen molar-refractivity contribution >= 4 is 36.1 Å². The number of nitrogens with zero attached hydrogens (tertiary/aromatic N) is 1. The van der Waals surface area contributed by atoms with Crippen LogP contribution < -0.4 is 4.52 Å². The summed E-state index contributed by atoms with van der Waals surface area (Å²) in [7, 11) is -1.78. The van der Waals surface area contributed by atoms with Gasteiger partial charge in [0, 0.05) is 27.5 Å². The Morgan fingerprint density at radius 2 is 1.16 bits per heavy atom. The summed E-state index contributed by atoms with van der Waals surface area (Å²) in [5, 5.41) is 2.13. The van der Waals surface area contributed by atoms with Crippen molar-refractivity contribution in [3.63, 3.8) is 0 Å². The van der Waals surface area contributed by atoms with Gasteiger partial charge in [0.05, 0.1) is 6.61 Å². The zero-order valence-electron chi connectivity index (χ0n) is 28.7. The summed E-state index contributed by atoms with van der Waals surface area (Å²) in [5.41, 5.74) is 7.08. The Labute approximate surface area is 264 Å². The molecule has 0 fully saturated rings. The van der Waals surface area contributed by atoms with Crippen molar-refractivity contribution < 1.29 is 17.7 Å². The molecule has 3 aromatic carbocycles. The fourth-order valence-corrected chi connectivity index (χ4v) is 6.57. The van der Waals surface area contributed by atoms with Crippen LogP contribution in [0.5, 0.6) is 0 Å². The molecule has 1 aliphatic heterocycles. The Kier molecular flexibility index (Phi) is 8.40. The van der Waals surface area contributed by atoms with E-state index in [2.05, 4.69) is 107 Å². The zero-order valence-corrected chi connectivity index (χ0v) is 29.6. The molecule has 5 rings (SSSR count). The second-order valence-electron chi connectivity index (χ2n) is 16.3. The van der Waals surface area contributed by atoms with Crippen LogP contribution in [0.2, 0.25) is 0 Å². The highest BCUT2D eigenvalue weighted by molar-refractivity contribution is 7.31. The van der Waals surface area contributed by atoms with Crippen LogP contribution in [0.3, 0.4) is 0 Å². The van der Waals surface area contributed by atoms with Gasteiger partial charge in [-0.15, -0.1) is 0 Å². The first-order chi connectivity index (χ1) is 20.3. The van der Waals surface area contributed by atoms with Crippen LogP contribution >= 0.6 is 8.24 Å². The summed E-state index contributed by atoms with van der Waals surface area (Å²) in [4.78, 5) is 4.81. The summed E-state index contributed by atoms with van der Waals surface area (Å²) in [6.07, 6.45) is 0. The number of hydrogen-bond acceptors (Lipinski definition) is 5. The van der Waals surface area contributed by atoms with Gasteiger partial charge >= 0.3 is 8.24 Å². The van der Waals surface area contributed by atoms with Crippen LogP contribution in [-0.2, 0) is 26.4 Å². The van der Waals surface area contributed by atoms with Gasteiger partial charge in [-0.25, -0.2) is 4.99 Å². The molecular weight excluding hydrogens is 565 g/mol. The van der Waals surface area contributed by atoms with Gasteiger partial charge in [-0.3, -0.25) is 4.52 Å². The zero-order chi connectivity index (χ0) is 32.2. The second kappa shape index (κ2) is 11.4. The van der Waals surface area contributed by atoms with Gasteiger partial charge in [0.2, 0.25) is 5.90 Å². The largest absolute Gasteiger partial charge is 0.475 e. The molecule has 0 amide bonds. The molecule has 236 valence electrons. The molecule has 0 spiro atoms.